The van der Waals surface area contributed by atoms with Crippen molar-refractivity contribution in [3.05, 3.63) is 33.9 Å². The van der Waals surface area contributed by atoms with Gasteiger partial charge >= 0.3 is 6.18 Å². The number of hydrogen-bond acceptors (Lipinski definition) is 4. The standard InChI is InChI=1S/C13H17F3N2O3/c1-2-17-12-10(5-3-6-11(12)18(19)20)9-21-8-4-7-13(14,15)16/h3,5-6,17H,2,4,7-9H2,1H3. The van der Waals surface area contributed by atoms with Gasteiger partial charge in [-0.3, -0.25) is 10.1 Å². The molecule has 0 atom stereocenters. The fourth-order valence-electron chi connectivity index (χ4n) is 1.80. The van der Waals surface area contributed by atoms with Crippen molar-refractivity contribution in [1.29, 1.82) is 0 Å². The number of benzene rings is 1. The van der Waals surface area contributed by atoms with Crippen LogP contribution in [-0.4, -0.2) is 24.3 Å². The van der Waals surface area contributed by atoms with E-state index in [4.69, 9.17) is 4.74 Å². The minimum Gasteiger partial charge on any atom is -0.379 e. The molecule has 0 heterocycles. The molecule has 0 amide bonds. The molecule has 0 aliphatic heterocycles. The van der Waals surface area contributed by atoms with E-state index in [0.717, 1.165) is 0 Å². The molecule has 0 radical (unpaired) electrons. The van der Waals surface area contributed by atoms with E-state index in [1.807, 2.05) is 0 Å². The predicted molar refractivity (Wildman–Crippen MR) is 72.2 cm³/mol. The van der Waals surface area contributed by atoms with Gasteiger partial charge in [0.2, 0.25) is 0 Å². The van der Waals surface area contributed by atoms with Crippen LogP contribution in [0.2, 0.25) is 0 Å². The summed E-state index contributed by atoms with van der Waals surface area (Å²) in [5.74, 6) is 0. The summed E-state index contributed by atoms with van der Waals surface area (Å²) in [6, 6.07) is 4.53. The van der Waals surface area contributed by atoms with Gasteiger partial charge in [0.15, 0.2) is 0 Å². The average molecular weight is 306 g/mol. The van der Waals surface area contributed by atoms with Crippen LogP contribution < -0.4 is 5.32 Å². The van der Waals surface area contributed by atoms with E-state index in [1.165, 1.54) is 12.1 Å². The molecule has 0 saturated heterocycles. The smallest absolute Gasteiger partial charge is 0.379 e. The second-order valence-corrected chi connectivity index (χ2v) is 4.37. The van der Waals surface area contributed by atoms with Crippen molar-refractivity contribution in [2.75, 3.05) is 18.5 Å². The predicted octanol–water partition coefficient (Wildman–Crippen LogP) is 3.89. The van der Waals surface area contributed by atoms with Crippen LogP contribution in [0.15, 0.2) is 18.2 Å². The van der Waals surface area contributed by atoms with E-state index < -0.39 is 17.5 Å². The Hall–Kier alpha value is -1.83. The van der Waals surface area contributed by atoms with Crippen LogP contribution in [0, 0.1) is 10.1 Å². The zero-order valence-electron chi connectivity index (χ0n) is 11.6. The van der Waals surface area contributed by atoms with Gasteiger partial charge in [-0.1, -0.05) is 12.1 Å². The molecular weight excluding hydrogens is 289 g/mol. The van der Waals surface area contributed by atoms with Crippen molar-refractivity contribution in [2.24, 2.45) is 0 Å². The number of alkyl halides is 3. The van der Waals surface area contributed by atoms with E-state index in [2.05, 4.69) is 5.32 Å². The van der Waals surface area contributed by atoms with Crippen LogP contribution >= 0.6 is 0 Å². The molecule has 21 heavy (non-hydrogen) atoms. The highest BCUT2D eigenvalue weighted by Crippen LogP contribution is 2.29. The van der Waals surface area contributed by atoms with Crippen molar-refractivity contribution in [3.8, 4) is 0 Å². The Labute approximate surface area is 120 Å². The number of para-hydroxylation sites is 1. The molecule has 0 unspecified atom stereocenters. The summed E-state index contributed by atoms with van der Waals surface area (Å²) in [6.45, 7) is 2.27. The van der Waals surface area contributed by atoms with Crippen LogP contribution in [0.3, 0.4) is 0 Å². The SMILES string of the molecule is CCNc1c(COCCCC(F)(F)F)cccc1[N+](=O)[O-]. The van der Waals surface area contributed by atoms with Gasteiger partial charge in [0.1, 0.15) is 5.69 Å². The second-order valence-electron chi connectivity index (χ2n) is 4.37. The van der Waals surface area contributed by atoms with E-state index in [0.29, 0.717) is 17.8 Å². The van der Waals surface area contributed by atoms with E-state index in [9.17, 15) is 23.3 Å². The molecule has 1 aromatic carbocycles. The fourth-order valence-corrected chi connectivity index (χ4v) is 1.80. The Morgan fingerprint density at radius 3 is 2.67 bits per heavy atom. The summed E-state index contributed by atoms with van der Waals surface area (Å²) < 4.78 is 41.1. The summed E-state index contributed by atoms with van der Waals surface area (Å²) in [5.41, 5.74) is 0.826. The van der Waals surface area contributed by atoms with Gasteiger partial charge in [-0.25, -0.2) is 0 Å². The summed E-state index contributed by atoms with van der Waals surface area (Å²) in [5, 5.41) is 13.8. The van der Waals surface area contributed by atoms with Crippen molar-refractivity contribution < 1.29 is 22.8 Å². The Balaban J connectivity index is 2.62. The lowest BCUT2D eigenvalue weighted by atomic mass is 10.1. The maximum Gasteiger partial charge on any atom is 0.389 e. The van der Waals surface area contributed by atoms with Crippen LogP contribution in [-0.2, 0) is 11.3 Å². The molecule has 0 aliphatic carbocycles. The summed E-state index contributed by atoms with van der Waals surface area (Å²) in [6.07, 6.45) is -5.22. The lowest BCUT2D eigenvalue weighted by molar-refractivity contribution is -0.384. The molecule has 118 valence electrons. The number of ether oxygens (including phenoxy) is 1. The lowest BCUT2D eigenvalue weighted by Crippen LogP contribution is -2.09. The zero-order chi connectivity index (χ0) is 15.9. The first-order chi connectivity index (χ1) is 9.85. The number of halogens is 3. The van der Waals surface area contributed by atoms with Gasteiger partial charge in [-0.05, 0) is 13.3 Å². The van der Waals surface area contributed by atoms with Crippen LogP contribution in [0.5, 0.6) is 0 Å². The molecule has 5 nitrogen and oxygen atoms in total. The van der Waals surface area contributed by atoms with Gasteiger partial charge in [0, 0.05) is 31.2 Å². The molecule has 0 fully saturated rings. The van der Waals surface area contributed by atoms with E-state index in [-0.39, 0.29) is 25.3 Å². The molecule has 0 saturated carbocycles. The van der Waals surface area contributed by atoms with Crippen molar-refractivity contribution in [3.63, 3.8) is 0 Å². The van der Waals surface area contributed by atoms with Crippen molar-refractivity contribution >= 4 is 11.4 Å². The molecule has 1 rings (SSSR count). The third kappa shape index (κ3) is 5.99. The molecule has 0 spiro atoms. The molecular formula is C13H17F3N2O3. The van der Waals surface area contributed by atoms with Gasteiger partial charge in [0.25, 0.3) is 5.69 Å². The first-order valence-corrected chi connectivity index (χ1v) is 6.49. The molecule has 0 bridgehead atoms. The molecule has 0 aliphatic rings. The zero-order valence-corrected chi connectivity index (χ0v) is 11.6. The third-order valence-electron chi connectivity index (χ3n) is 2.69. The fraction of sp³-hybridized carbons (Fsp3) is 0.538. The Bertz CT molecular complexity index is 478. The first-order valence-electron chi connectivity index (χ1n) is 6.49. The monoisotopic (exact) mass is 306 g/mol. The number of nitro groups is 1. The Morgan fingerprint density at radius 1 is 1.38 bits per heavy atom. The number of nitrogens with one attached hydrogen (secondary N) is 1. The van der Waals surface area contributed by atoms with E-state index in [1.54, 1.807) is 13.0 Å². The highest BCUT2D eigenvalue weighted by atomic mass is 19.4. The van der Waals surface area contributed by atoms with Crippen molar-refractivity contribution in [2.45, 2.75) is 32.5 Å². The van der Waals surface area contributed by atoms with Crippen LogP contribution in [0.1, 0.15) is 25.3 Å². The molecule has 1 N–H and O–H groups in total. The molecule has 1 aromatic rings. The summed E-state index contributed by atoms with van der Waals surface area (Å²) in [4.78, 5) is 10.4. The normalized spacial score (nSPS) is 11.4. The molecule has 0 aromatic heterocycles. The van der Waals surface area contributed by atoms with Gasteiger partial charge in [-0.15, -0.1) is 0 Å². The Morgan fingerprint density at radius 2 is 2.10 bits per heavy atom. The molecule has 8 heteroatoms. The number of hydrogen-bond donors (Lipinski definition) is 1. The third-order valence-corrected chi connectivity index (χ3v) is 2.69. The van der Waals surface area contributed by atoms with Gasteiger partial charge in [0.05, 0.1) is 11.5 Å². The van der Waals surface area contributed by atoms with Crippen LogP contribution in [0.4, 0.5) is 24.5 Å². The van der Waals surface area contributed by atoms with Gasteiger partial charge in [-0.2, -0.15) is 13.2 Å². The maximum absolute atomic E-state index is 12.0. The minimum atomic E-state index is -4.19. The maximum atomic E-state index is 12.0. The largest absolute Gasteiger partial charge is 0.389 e. The number of rotatable bonds is 8. The highest BCUT2D eigenvalue weighted by molar-refractivity contribution is 5.66. The Kier molecular flexibility index (Phi) is 6.41. The number of nitrogens with zero attached hydrogens (tertiary/aromatic N) is 1. The van der Waals surface area contributed by atoms with Crippen LogP contribution in [0.25, 0.3) is 0 Å². The lowest BCUT2D eigenvalue weighted by Gasteiger charge is -2.12. The minimum absolute atomic E-state index is 0.0296. The second kappa shape index (κ2) is 7.82. The van der Waals surface area contributed by atoms with E-state index >= 15 is 0 Å². The topological polar surface area (TPSA) is 64.4 Å². The van der Waals surface area contributed by atoms with Gasteiger partial charge < -0.3 is 10.1 Å². The number of nitro benzene ring substituents is 1. The quantitative estimate of drug-likeness (QED) is 0.449. The van der Waals surface area contributed by atoms with Crippen molar-refractivity contribution in [1.82, 2.24) is 0 Å². The first kappa shape index (κ1) is 17.2. The average Bonchev–Trinajstić information content (AvgIpc) is 2.38. The summed E-state index contributed by atoms with van der Waals surface area (Å²) in [7, 11) is 0. The summed E-state index contributed by atoms with van der Waals surface area (Å²) >= 11 is 0. The number of anilines is 1. The highest BCUT2D eigenvalue weighted by Gasteiger charge is 2.26.